The summed E-state index contributed by atoms with van der Waals surface area (Å²) in [5, 5.41) is 0. The van der Waals surface area contributed by atoms with Gasteiger partial charge < -0.3 is 9.47 Å². The molecule has 0 fully saturated rings. The van der Waals surface area contributed by atoms with Crippen LogP contribution in [0.2, 0.25) is 0 Å². The Balaban J connectivity index is 1.60. The average Bonchev–Trinajstić information content (AvgIpc) is 2.69. The summed E-state index contributed by atoms with van der Waals surface area (Å²) >= 11 is 3.45. The molecular weight excluding hydrogens is 404 g/mol. The van der Waals surface area contributed by atoms with E-state index in [1.807, 2.05) is 54.6 Å². The van der Waals surface area contributed by atoms with Crippen LogP contribution in [0, 0.1) is 0 Å². The third-order valence-corrected chi connectivity index (χ3v) is 4.63. The van der Waals surface area contributed by atoms with Crippen molar-refractivity contribution in [1.29, 1.82) is 0 Å². The summed E-state index contributed by atoms with van der Waals surface area (Å²) in [6, 6.07) is 23.4. The molecule has 0 radical (unpaired) electrons. The Morgan fingerprint density at radius 2 is 1.59 bits per heavy atom. The second-order valence-electron chi connectivity index (χ2n) is 6.49. The molecule has 0 N–H and O–H groups in total. The van der Waals surface area contributed by atoms with Gasteiger partial charge in [0.05, 0.1) is 0 Å². The Kier molecular flexibility index (Phi) is 6.30. The van der Waals surface area contributed by atoms with Gasteiger partial charge in [-0.3, -0.25) is 0 Å². The molecule has 3 aromatic rings. The molecule has 0 saturated carbocycles. The van der Waals surface area contributed by atoms with Crippen molar-refractivity contribution in [2.75, 3.05) is 6.61 Å². The van der Waals surface area contributed by atoms with Crippen LogP contribution in [0.1, 0.15) is 25.3 Å². The van der Waals surface area contributed by atoms with E-state index in [1.165, 1.54) is 0 Å². The molecule has 0 aromatic heterocycles. The number of carbonyl (C=O) groups is 1. The van der Waals surface area contributed by atoms with E-state index in [4.69, 9.17) is 9.47 Å². The van der Waals surface area contributed by atoms with Gasteiger partial charge in [-0.2, -0.15) is 0 Å². The molecule has 0 spiro atoms. The van der Waals surface area contributed by atoms with Crippen molar-refractivity contribution in [1.82, 2.24) is 0 Å². The minimum absolute atomic E-state index is 0.141. The molecule has 0 bridgehead atoms. The largest absolute Gasteiger partial charge is 0.482 e. The zero-order chi connectivity index (χ0) is 19.2. The second kappa shape index (κ2) is 8.87. The SMILES string of the molecule is CC(C)c1cc(Br)ccc1OC(=O)COc1ccc(-c2ccccc2)cc1. The molecule has 3 rings (SSSR count). The summed E-state index contributed by atoms with van der Waals surface area (Å²) in [5.41, 5.74) is 3.21. The Hall–Kier alpha value is -2.59. The van der Waals surface area contributed by atoms with Crippen molar-refractivity contribution >= 4 is 21.9 Å². The van der Waals surface area contributed by atoms with Gasteiger partial charge in [0.1, 0.15) is 11.5 Å². The molecule has 4 heteroatoms. The zero-order valence-electron chi connectivity index (χ0n) is 15.3. The van der Waals surface area contributed by atoms with Crippen LogP contribution in [-0.2, 0) is 4.79 Å². The number of benzene rings is 3. The van der Waals surface area contributed by atoms with Crippen molar-refractivity contribution in [3.63, 3.8) is 0 Å². The maximum atomic E-state index is 12.2. The average molecular weight is 425 g/mol. The van der Waals surface area contributed by atoms with Crippen molar-refractivity contribution in [3.8, 4) is 22.6 Å². The Morgan fingerprint density at radius 3 is 2.26 bits per heavy atom. The third-order valence-electron chi connectivity index (χ3n) is 4.14. The van der Waals surface area contributed by atoms with Crippen LogP contribution in [0.4, 0.5) is 0 Å². The number of carbonyl (C=O) groups excluding carboxylic acids is 1. The van der Waals surface area contributed by atoms with Crippen molar-refractivity contribution in [2.24, 2.45) is 0 Å². The third kappa shape index (κ3) is 5.20. The maximum absolute atomic E-state index is 12.2. The normalized spacial score (nSPS) is 10.7. The molecular formula is C23H21BrO3. The molecule has 0 unspecified atom stereocenters. The predicted octanol–water partition coefficient (Wildman–Crippen LogP) is 6.22. The van der Waals surface area contributed by atoms with Gasteiger partial charge >= 0.3 is 5.97 Å². The van der Waals surface area contributed by atoms with Gasteiger partial charge in [-0.25, -0.2) is 4.79 Å². The van der Waals surface area contributed by atoms with Crippen molar-refractivity contribution < 1.29 is 14.3 Å². The summed E-state index contributed by atoms with van der Waals surface area (Å²) < 4.78 is 12.0. The zero-order valence-corrected chi connectivity index (χ0v) is 16.9. The predicted molar refractivity (Wildman–Crippen MR) is 111 cm³/mol. The van der Waals surface area contributed by atoms with Gasteiger partial charge in [0.25, 0.3) is 0 Å². The lowest BCUT2D eigenvalue weighted by molar-refractivity contribution is -0.136. The van der Waals surface area contributed by atoms with Gasteiger partial charge in [0.15, 0.2) is 6.61 Å². The van der Waals surface area contributed by atoms with Crippen LogP contribution in [0.25, 0.3) is 11.1 Å². The molecule has 3 nitrogen and oxygen atoms in total. The van der Waals surface area contributed by atoms with Crippen molar-refractivity contribution in [2.45, 2.75) is 19.8 Å². The molecule has 0 heterocycles. The minimum atomic E-state index is -0.425. The van der Waals surface area contributed by atoms with Gasteiger partial charge in [0, 0.05) is 4.47 Å². The highest BCUT2D eigenvalue weighted by Crippen LogP contribution is 2.29. The van der Waals surface area contributed by atoms with E-state index in [0.717, 1.165) is 21.2 Å². The van der Waals surface area contributed by atoms with E-state index < -0.39 is 5.97 Å². The highest BCUT2D eigenvalue weighted by Gasteiger charge is 2.13. The quantitative estimate of drug-likeness (QED) is 0.347. The van der Waals surface area contributed by atoms with E-state index in [0.29, 0.717) is 11.5 Å². The highest BCUT2D eigenvalue weighted by atomic mass is 79.9. The van der Waals surface area contributed by atoms with Gasteiger partial charge in [-0.1, -0.05) is 72.2 Å². The molecule has 0 aliphatic heterocycles. The Bertz CT molecular complexity index is 903. The Morgan fingerprint density at radius 1 is 0.926 bits per heavy atom. The smallest absolute Gasteiger partial charge is 0.349 e. The first kappa shape index (κ1) is 19.2. The summed E-state index contributed by atoms with van der Waals surface area (Å²) in [6.07, 6.45) is 0. The number of hydrogen-bond donors (Lipinski definition) is 0. The van der Waals surface area contributed by atoms with Crippen LogP contribution in [0.15, 0.2) is 77.3 Å². The Labute approximate surface area is 168 Å². The fourth-order valence-electron chi connectivity index (χ4n) is 2.73. The lowest BCUT2D eigenvalue weighted by Crippen LogP contribution is -2.18. The molecule has 0 atom stereocenters. The van der Waals surface area contributed by atoms with Crippen LogP contribution < -0.4 is 9.47 Å². The number of rotatable bonds is 6. The summed E-state index contributed by atoms with van der Waals surface area (Å²) in [4.78, 5) is 12.2. The second-order valence-corrected chi connectivity index (χ2v) is 7.41. The molecule has 0 aliphatic carbocycles. The number of hydrogen-bond acceptors (Lipinski definition) is 3. The van der Waals surface area contributed by atoms with Crippen LogP contribution in [0.3, 0.4) is 0 Å². The van der Waals surface area contributed by atoms with E-state index in [2.05, 4.69) is 41.9 Å². The van der Waals surface area contributed by atoms with Gasteiger partial charge in [0.2, 0.25) is 0 Å². The standard InChI is InChI=1S/C23H21BrO3/c1-16(2)21-14-19(24)10-13-22(21)27-23(25)15-26-20-11-8-18(9-12-20)17-6-4-3-5-7-17/h3-14,16H,15H2,1-2H3. The lowest BCUT2D eigenvalue weighted by Gasteiger charge is -2.13. The molecule has 27 heavy (non-hydrogen) atoms. The van der Waals surface area contributed by atoms with E-state index in [9.17, 15) is 4.79 Å². The fourth-order valence-corrected chi connectivity index (χ4v) is 3.11. The summed E-state index contributed by atoms with van der Waals surface area (Å²) in [6.45, 7) is 3.98. The fraction of sp³-hybridized carbons (Fsp3) is 0.174. The number of esters is 1. The first-order valence-corrected chi connectivity index (χ1v) is 9.60. The number of ether oxygens (including phenoxy) is 2. The van der Waals surface area contributed by atoms with E-state index in [-0.39, 0.29) is 12.5 Å². The summed E-state index contributed by atoms with van der Waals surface area (Å²) in [5.74, 6) is 1.02. The van der Waals surface area contributed by atoms with Gasteiger partial charge in [-0.05, 0) is 52.9 Å². The molecule has 3 aromatic carbocycles. The van der Waals surface area contributed by atoms with E-state index in [1.54, 1.807) is 6.07 Å². The minimum Gasteiger partial charge on any atom is -0.482 e. The number of halogens is 1. The van der Waals surface area contributed by atoms with Crippen LogP contribution in [-0.4, -0.2) is 12.6 Å². The molecule has 0 saturated heterocycles. The first-order chi connectivity index (χ1) is 13.0. The molecule has 138 valence electrons. The summed E-state index contributed by atoms with van der Waals surface area (Å²) in [7, 11) is 0. The monoisotopic (exact) mass is 424 g/mol. The maximum Gasteiger partial charge on any atom is 0.349 e. The topological polar surface area (TPSA) is 35.5 Å². The highest BCUT2D eigenvalue weighted by molar-refractivity contribution is 9.10. The molecule has 0 amide bonds. The van der Waals surface area contributed by atoms with Crippen molar-refractivity contribution in [3.05, 3.63) is 82.8 Å². The lowest BCUT2D eigenvalue weighted by atomic mass is 10.0. The van der Waals surface area contributed by atoms with Crippen LogP contribution >= 0.6 is 15.9 Å². The van der Waals surface area contributed by atoms with Gasteiger partial charge in [-0.15, -0.1) is 0 Å². The molecule has 0 aliphatic rings. The van der Waals surface area contributed by atoms with E-state index >= 15 is 0 Å². The van der Waals surface area contributed by atoms with Crippen LogP contribution in [0.5, 0.6) is 11.5 Å². The first-order valence-electron chi connectivity index (χ1n) is 8.81.